The summed E-state index contributed by atoms with van der Waals surface area (Å²) < 4.78 is 5.50. The molecule has 0 aromatic heterocycles. The average Bonchev–Trinajstić information content (AvgIpc) is 2.39. The minimum atomic E-state index is -0.0934. The number of benzene rings is 1. The minimum absolute atomic E-state index is 0.0934. The summed E-state index contributed by atoms with van der Waals surface area (Å²) in [6.07, 6.45) is 2.83. The van der Waals surface area contributed by atoms with E-state index in [4.69, 9.17) is 10.00 Å². The van der Waals surface area contributed by atoms with E-state index in [2.05, 4.69) is 35.7 Å². The van der Waals surface area contributed by atoms with Gasteiger partial charge in [-0.25, -0.2) is 0 Å². The molecule has 0 amide bonds. The second-order valence-corrected chi connectivity index (χ2v) is 3.96. The third kappa shape index (κ3) is 6.06. The third-order valence-corrected chi connectivity index (χ3v) is 2.65. The molecule has 92 valence electrons. The van der Waals surface area contributed by atoms with Crippen LogP contribution in [0.15, 0.2) is 30.3 Å². The zero-order valence-electron chi connectivity index (χ0n) is 10.4. The lowest BCUT2D eigenvalue weighted by molar-refractivity contribution is 0.126. The van der Waals surface area contributed by atoms with Gasteiger partial charge in [-0.05, 0) is 31.9 Å². The van der Waals surface area contributed by atoms with Gasteiger partial charge >= 0.3 is 0 Å². The Morgan fingerprint density at radius 1 is 1.29 bits per heavy atom. The van der Waals surface area contributed by atoms with Crippen LogP contribution in [0, 0.1) is 11.3 Å². The van der Waals surface area contributed by atoms with E-state index in [1.165, 1.54) is 5.56 Å². The third-order valence-electron chi connectivity index (χ3n) is 2.65. The molecule has 0 fully saturated rings. The fourth-order valence-electron chi connectivity index (χ4n) is 1.60. The van der Waals surface area contributed by atoms with Crippen molar-refractivity contribution in [3.63, 3.8) is 0 Å². The molecule has 1 aromatic rings. The summed E-state index contributed by atoms with van der Waals surface area (Å²) in [6, 6.07) is 12.5. The lowest BCUT2D eigenvalue weighted by Gasteiger charge is -2.08. The maximum atomic E-state index is 8.71. The Labute approximate surface area is 103 Å². The monoisotopic (exact) mass is 232 g/mol. The van der Waals surface area contributed by atoms with Gasteiger partial charge < -0.3 is 10.1 Å². The quantitative estimate of drug-likeness (QED) is 0.698. The number of nitrogens with one attached hydrogen (secondary N) is 1. The van der Waals surface area contributed by atoms with Crippen molar-refractivity contribution in [2.75, 3.05) is 20.3 Å². The van der Waals surface area contributed by atoms with Crippen molar-refractivity contribution in [2.45, 2.75) is 25.3 Å². The summed E-state index contributed by atoms with van der Waals surface area (Å²) in [6.45, 7) is 1.41. The number of hydrogen-bond acceptors (Lipinski definition) is 3. The normalized spacial score (nSPS) is 12.0. The number of aryl methyl sites for hydroxylation is 1. The average molecular weight is 232 g/mol. The van der Waals surface area contributed by atoms with Gasteiger partial charge in [-0.2, -0.15) is 5.26 Å². The van der Waals surface area contributed by atoms with Crippen LogP contribution in [0.4, 0.5) is 0 Å². The highest BCUT2D eigenvalue weighted by molar-refractivity contribution is 5.14. The summed E-state index contributed by atoms with van der Waals surface area (Å²) >= 11 is 0. The fraction of sp³-hybridized carbons (Fsp3) is 0.500. The molecule has 3 heteroatoms. The molecule has 0 aliphatic rings. The van der Waals surface area contributed by atoms with Crippen molar-refractivity contribution in [1.29, 1.82) is 5.26 Å². The predicted molar refractivity (Wildman–Crippen MR) is 68.7 cm³/mol. The lowest BCUT2D eigenvalue weighted by Crippen LogP contribution is -2.24. The van der Waals surface area contributed by atoms with Gasteiger partial charge in [0.2, 0.25) is 0 Å². The summed E-state index contributed by atoms with van der Waals surface area (Å²) in [5, 5.41) is 11.6. The molecule has 0 aliphatic carbocycles. The van der Waals surface area contributed by atoms with Crippen molar-refractivity contribution in [1.82, 2.24) is 5.32 Å². The second kappa shape index (κ2) is 8.74. The van der Waals surface area contributed by atoms with Crippen molar-refractivity contribution >= 4 is 0 Å². The molecular weight excluding hydrogens is 212 g/mol. The molecule has 0 heterocycles. The molecule has 0 radical (unpaired) electrons. The summed E-state index contributed by atoms with van der Waals surface area (Å²) in [5.74, 6) is 0. The van der Waals surface area contributed by atoms with Crippen molar-refractivity contribution in [2.24, 2.45) is 0 Å². The zero-order valence-corrected chi connectivity index (χ0v) is 10.4. The van der Waals surface area contributed by atoms with Crippen LogP contribution in [0.5, 0.6) is 0 Å². The number of nitrogens with zero attached hydrogens (tertiary/aromatic N) is 1. The second-order valence-electron chi connectivity index (χ2n) is 3.96. The molecule has 0 aliphatic heterocycles. The van der Waals surface area contributed by atoms with Gasteiger partial charge in [0.15, 0.2) is 0 Å². The van der Waals surface area contributed by atoms with E-state index in [1.807, 2.05) is 6.07 Å². The Morgan fingerprint density at radius 3 is 2.71 bits per heavy atom. The first-order chi connectivity index (χ1) is 8.36. The Bertz CT molecular complexity index is 332. The van der Waals surface area contributed by atoms with Gasteiger partial charge in [0.1, 0.15) is 0 Å². The van der Waals surface area contributed by atoms with Crippen LogP contribution in [0.3, 0.4) is 0 Å². The largest absolute Gasteiger partial charge is 0.381 e. The zero-order chi connectivity index (χ0) is 12.3. The predicted octanol–water partition coefficient (Wildman–Crippen LogP) is 2.14. The van der Waals surface area contributed by atoms with Crippen LogP contribution in [0.25, 0.3) is 0 Å². The van der Waals surface area contributed by atoms with Gasteiger partial charge in [-0.15, -0.1) is 0 Å². The standard InChI is InChI=1S/C14H20N2O/c1-16-14(12-15)9-11-17-10-5-8-13-6-3-2-4-7-13/h2-4,6-7,14,16H,5,8-11H2,1H3. The van der Waals surface area contributed by atoms with E-state index >= 15 is 0 Å². The van der Waals surface area contributed by atoms with Crippen molar-refractivity contribution in [3.05, 3.63) is 35.9 Å². The number of ether oxygens (including phenoxy) is 1. The van der Waals surface area contributed by atoms with Crippen molar-refractivity contribution < 1.29 is 4.74 Å². The number of hydrogen-bond donors (Lipinski definition) is 1. The van der Waals surface area contributed by atoms with Crippen molar-refractivity contribution in [3.8, 4) is 6.07 Å². The van der Waals surface area contributed by atoms with Gasteiger partial charge in [0.05, 0.1) is 12.1 Å². The number of rotatable bonds is 8. The van der Waals surface area contributed by atoms with E-state index < -0.39 is 0 Å². The van der Waals surface area contributed by atoms with E-state index in [9.17, 15) is 0 Å². The molecular formula is C14H20N2O. The first-order valence-electron chi connectivity index (χ1n) is 6.05. The highest BCUT2D eigenvalue weighted by Crippen LogP contribution is 2.02. The summed E-state index contributed by atoms with van der Waals surface area (Å²) in [5.41, 5.74) is 1.35. The Balaban J connectivity index is 2.00. The van der Waals surface area contributed by atoms with Gasteiger partial charge in [0.25, 0.3) is 0 Å². The van der Waals surface area contributed by atoms with Crippen LogP contribution in [-0.4, -0.2) is 26.3 Å². The van der Waals surface area contributed by atoms with E-state index in [-0.39, 0.29) is 6.04 Å². The van der Waals surface area contributed by atoms with Crippen LogP contribution in [0.2, 0.25) is 0 Å². The maximum absolute atomic E-state index is 8.71. The fourth-order valence-corrected chi connectivity index (χ4v) is 1.60. The lowest BCUT2D eigenvalue weighted by atomic mass is 10.1. The Kier molecular flexibility index (Phi) is 7.04. The van der Waals surface area contributed by atoms with Gasteiger partial charge in [-0.3, -0.25) is 0 Å². The summed E-state index contributed by atoms with van der Waals surface area (Å²) in [7, 11) is 1.79. The molecule has 1 N–H and O–H groups in total. The molecule has 1 aromatic carbocycles. The molecule has 0 saturated carbocycles. The highest BCUT2D eigenvalue weighted by Gasteiger charge is 2.02. The topological polar surface area (TPSA) is 45.0 Å². The molecule has 3 nitrogen and oxygen atoms in total. The Morgan fingerprint density at radius 2 is 2.06 bits per heavy atom. The summed E-state index contributed by atoms with van der Waals surface area (Å²) in [4.78, 5) is 0. The van der Waals surface area contributed by atoms with Crippen LogP contribution < -0.4 is 5.32 Å². The van der Waals surface area contributed by atoms with E-state index in [0.717, 1.165) is 25.9 Å². The van der Waals surface area contributed by atoms with Gasteiger partial charge in [0, 0.05) is 13.2 Å². The van der Waals surface area contributed by atoms with E-state index in [1.54, 1.807) is 7.05 Å². The van der Waals surface area contributed by atoms with Crippen LogP contribution in [0.1, 0.15) is 18.4 Å². The molecule has 0 spiro atoms. The molecule has 17 heavy (non-hydrogen) atoms. The Hall–Kier alpha value is -1.37. The maximum Gasteiger partial charge on any atom is 0.0972 e. The smallest absolute Gasteiger partial charge is 0.0972 e. The molecule has 1 unspecified atom stereocenters. The SMILES string of the molecule is CNC(C#N)CCOCCCc1ccccc1. The minimum Gasteiger partial charge on any atom is -0.381 e. The first-order valence-corrected chi connectivity index (χ1v) is 6.05. The van der Waals surface area contributed by atoms with Crippen LogP contribution in [-0.2, 0) is 11.2 Å². The van der Waals surface area contributed by atoms with Crippen LogP contribution >= 0.6 is 0 Å². The van der Waals surface area contributed by atoms with Gasteiger partial charge in [-0.1, -0.05) is 30.3 Å². The molecule has 1 atom stereocenters. The van der Waals surface area contributed by atoms with E-state index in [0.29, 0.717) is 6.61 Å². The first kappa shape index (κ1) is 13.7. The number of nitriles is 1. The molecule has 1 rings (SSSR count). The molecule has 0 saturated heterocycles. The highest BCUT2D eigenvalue weighted by atomic mass is 16.5. The molecule has 0 bridgehead atoms.